The first-order valence-corrected chi connectivity index (χ1v) is 8.09. The maximum Gasteiger partial charge on any atom is 0.253 e. The second-order valence-corrected chi connectivity index (χ2v) is 6.59. The molecule has 4 rings (SSSR count). The van der Waals surface area contributed by atoms with Crippen molar-refractivity contribution in [3.63, 3.8) is 0 Å². The third-order valence-corrected chi connectivity index (χ3v) is 5.17. The van der Waals surface area contributed by atoms with Crippen molar-refractivity contribution < 1.29 is 4.79 Å². The predicted molar refractivity (Wildman–Crippen MR) is 86.8 cm³/mol. The fourth-order valence-corrected chi connectivity index (χ4v) is 3.92. The zero-order chi connectivity index (χ0) is 15.1. The number of nitrogens with one attached hydrogen (secondary N) is 1. The van der Waals surface area contributed by atoms with Crippen molar-refractivity contribution >= 4 is 16.8 Å². The number of hydrogen-bond donors (Lipinski definition) is 1. The van der Waals surface area contributed by atoms with E-state index in [1.165, 1.54) is 12.8 Å². The van der Waals surface area contributed by atoms with E-state index in [9.17, 15) is 4.79 Å². The van der Waals surface area contributed by atoms with Crippen molar-refractivity contribution in [1.29, 1.82) is 0 Å². The summed E-state index contributed by atoms with van der Waals surface area (Å²) in [6.07, 6.45) is 6.44. The van der Waals surface area contributed by atoms with Crippen LogP contribution in [0.2, 0.25) is 0 Å². The Morgan fingerprint density at radius 1 is 1.23 bits per heavy atom. The molecule has 2 fully saturated rings. The van der Waals surface area contributed by atoms with Crippen molar-refractivity contribution in [3.8, 4) is 0 Å². The van der Waals surface area contributed by atoms with Gasteiger partial charge in [-0.3, -0.25) is 9.78 Å². The van der Waals surface area contributed by atoms with Crippen molar-refractivity contribution in [3.05, 3.63) is 42.1 Å². The molecule has 0 radical (unpaired) electrons. The van der Waals surface area contributed by atoms with Gasteiger partial charge in [0.05, 0.1) is 5.52 Å². The van der Waals surface area contributed by atoms with Crippen LogP contribution in [0, 0.1) is 0 Å². The van der Waals surface area contributed by atoms with Gasteiger partial charge in [-0.15, -0.1) is 0 Å². The maximum absolute atomic E-state index is 12.8. The molecule has 2 bridgehead atoms. The van der Waals surface area contributed by atoms with E-state index in [-0.39, 0.29) is 5.91 Å². The van der Waals surface area contributed by atoms with Crippen LogP contribution in [0.3, 0.4) is 0 Å². The Morgan fingerprint density at radius 3 is 2.77 bits per heavy atom. The molecule has 0 spiro atoms. The molecular formula is C18H21N3O. The highest BCUT2D eigenvalue weighted by Crippen LogP contribution is 2.30. The highest BCUT2D eigenvalue weighted by Gasteiger charge is 2.36. The standard InChI is InChI=1S/C18H21N3O/c1-21(16-10-14-5-6-15(11-16)20-14)18(22)13-4-7-17-12(9-13)3-2-8-19-17/h2-4,7-9,14-16,20H,5-6,10-11H2,1H3. The Labute approximate surface area is 130 Å². The molecule has 2 unspecified atom stereocenters. The molecule has 3 heterocycles. The normalized spacial score (nSPS) is 27.0. The second kappa shape index (κ2) is 5.36. The average Bonchev–Trinajstić information content (AvgIpc) is 2.91. The Hall–Kier alpha value is -1.94. The second-order valence-electron chi connectivity index (χ2n) is 6.59. The molecule has 2 atom stereocenters. The molecule has 4 nitrogen and oxygen atoms in total. The molecule has 22 heavy (non-hydrogen) atoms. The van der Waals surface area contributed by atoms with Crippen LogP contribution >= 0.6 is 0 Å². The quantitative estimate of drug-likeness (QED) is 0.926. The number of pyridine rings is 1. The summed E-state index contributed by atoms with van der Waals surface area (Å²) in [5, 5.41) is 4.65. The first-order valence-electron chi connectivity index (χ1n) is 8.09. The lowest BCUT2D eigenvalue weighted by Gasteiger charge is -2.35. The molecule has 0 saturated carbocycles. The summed E-state index contributed by atoms with van der Waals surface area (Å²) in [6, 6.07) is 11.2. The van der Waals surface area contributed by atoms with Crippen molar-refractivity contribution in [2.75, 3.05) is 7.05 Å². The van der Waals surface area contributed by atoms with Gasteiger partial charge < -0.3 is 10.2 Å². The highest BCUT2D eigenvalue weighted by molar-refractivity contribution is 5.98. The lowest BCUT2D eigenvalue weighted by atomic mass is 9.97. The number of carbonyl (C=O) groups excluding carboxylic acids is 1. The molecule has 114 valence electrons. The molecule has 2 saturated heterocycles. The molecule has 1 aromatic heterocycles. The number of nitrogens with zero attached hydrogens (tertiary/aromatic N) is 2. The number of rotatable bonds is 2. The topological polar surface area (TPSA) is 45.2 Å². The molecule has 0 aliphatic carbocycles. The van der Waals surface area contributed by atoms with E-state index in [1.807, 2.05) is 42.3 Å². The molecule has 1 aromatic carbocycles. The van der Waals surface area contributed by atoms with E-state index in [0.717, 1.165) is 29.3 Å². The molecule has 2 aliphatic heterocycles. The number of carbonyl (C=O) groups is 1. The van der Waals surface area contributed by atoms with Crippen molar-refractivity contribution in [1.82, 2.24) is 15.2 Å². The molecule has 1 amide bonds. The third kappa shape index (κ3) is 2.37. The minimum absolute atomic E-state index is 0.122. The summed E-state index contributed by atoms with van der Waals surface area (Å²) < 4.78 is 0. The fourth-order valence-electron chi connectivity index (χ4n) is 3.92. The zero-order valence-electron chi connectivity index (χ0n) is 12.8. The Bertz CT molecular complexity index is 702. The summed E-state index contributed by atoms with van der Waals surface area (Å²) in [5.74, 6) is 0.122. The number of fused-ring (bicyclic) bond motifs is 3. The predicted octanol–water partition coefficient (Wildman–Crippen LogP) is 2.59. The van der Waals surface area contributed by atoms with Crippen LogP contribution in [0.1, 0.15) is 36.0 Å². The highest BCUT2D eigenvalue weighted by atomic mass is 16.2. The smallest absolute Gasteiger partial charge is 0.253 e. The molecule has 2 aromatic rings. The largest absolute Gasteiger partial charge is 0.339 e. The molecule has 1 N–H and O–H groups in total. The van der Waals surface area contributed by atoms with Crippen LogP contribution in [-0.4, -0.2) is 41.0 Å². The fraction of sp³-hybridized carbons (Fsp3) is 0.444. The average molecular weight is 295 g/mol. The summed E-state index contributed by atoms with van der Waals surface area (Å²) in [6.45, 7) is 0. The third-order valence-electron chi connectivity index (χ3n) is 5.17. The van der Waals surface area contributed by atoms with E-state index in [1.54, 1.807) is 6.20 Å². The van der Waals surface area contributed by atoms with Crippen LogP contribution in [0.4, 0.5) is 0 Å². The Morgan fingerprint density at radius 2 is 2.00 bits per heavy atom. The molecule has 2 aliphatic rings. The lowest BCUT2D eigenvalue weighted by Crippen LogP contribution is -2.48. The van der Waals surface area contributed by atoms with Gasteiger partial charge in [0.1, 0.15) is 0 Å². The monoisotopic (exact) mass is 295 g/mol. The van der Waals surface area contributed by atoms with E-state index in [4.69, 9.17) is 0 Å². The van der Waals surface area contributed by atoms with E-state index < -0.39 is 0 Å². The van der Waals surface area contributed by atoms with Crippen LogP contribution in [0.25, 0.3) is 10.9 Å². The number of hydrogen-bond acceptors (Lipinski definition) is 3. The SMILES string of the molecule is CN(C(=O)c1ccc2ncccc2c1)C1CC2CCC(C1)N2. The van der Waals surface area contributed by atoms with Crippen LogP contribution in [0.5, 0.6) is 0 Å². The first kappa shape index (κ1) is 13.7. The summed E-state index contributed by atoms with van der Waals surface area (Å²) >= 11 is 0. The van der Waals surface area contributed by atoms with Crippen LogP contribution in [-0.2, 0) is 0 Å². The lowest BCUT2D eigenvalue weighted by molar-refractivity contribution is 0.0682. The van der Waals surface area contributed by atoms with Gasteiger partial charge in [-0.1, -0.05) is 6.07 Å². The number of aromatic nitrogens is 1. The van der Waals surface area contributed by atoms with Crippen molar-refractivity contribution in [2.24, 2.45) is 0 Å². The Kier molecular flexibility index (Phi) is 3.34. The molecular weight excluding hydrogens is 274 g/mol. The number of benzene rings is 1. The van der Waals surface area contributed by atoms with Crippen LogP contribution < -0.4 is 5.32 Å². The summed E-state index contributed by atoms with van der Waals surface area (Å²) in [5.41, 5.74) is 1.69. The minimum atomic E-state index is 0.122. The van der Waals surface area contributed by atoms with E-state index in [2.05, 4.69) is 10.3 Å². The van der Waals surface area contributed by atoms with Gasteiger partial charge >= 0.3 is 0 Å². The molecule has 4 heteroatoms. The van der Waals surface area contributed by atoms with Gasteiger partial charge in [0, 0.05) is 42.3 Å². The first-order chi connectivity index (χ1) is 10.7. The summed E-state index contributed by atoms with van der Waals surface area (Å²) in [7, 11) is 1.95. The number of piperidine rings is 1. The maximum atomic E-state index is 12.8. The van der Waals surface area contributed by atoms with Gasteiger partial charge in [0.25, 0.3) is 5.91 Å². The summed E-state index contributed by atoms with van der Waals surface area (Å²) in [4.78, 5) is 19.1. The Balaban J connectivity index is 1.56. The van der Waals surface area contributed by atoms with Crippen LogP contribution in [0.15, 0.2) is 36.5 Å². The van der Waals surface area contributed by atoms with Gasteiger partial charge in [-0.05, 0) is 49.9 Å². The van der Waals surface area contributed by atoms with Gasteiger partial charge in [0.2, 0.25) is 0 Å². The minimum Gasteiger partial charge on any atom is -0.339 e. The van der Waals surface area contributed by atoms with Gasteiger partial charge in [-0.25, -0.2) is 0 Å². The van der Waals surface area contributed by atoms with E-state index >= 15 is 0 Å². The number of amides is 1. The van der Waals surface area contributed by atoms with Gasteiger partial charge in [0.15, 0.2) is 0 Å². The van der Waals surface area contributed by atoms with E-state index in [0.29, 0.717) is 18.1 Å². The van der Waals surface area contributed by atoms with Gasteiger partial charge in [-0.2, -0.15) is 0 Å². The van der Waals surface area contributed by atoms with Crippen molar-refractivity contribution in [2.45, 2.75) is 43.8 Å². The zero-order valence-corrected chi connectivity index (χ0v) is 12.8.